The van der Waals surface area contributed by atoms with Crippen molar-refractivity contribution in [1.29, 1.82) is 0 Å². The number of rotatable bonds is 1. The first-order valence-electron chi connectivity index (χ1n) is 12.3. The Kier molecular flexibility index (Phi) is 3.90. The number of aromatic nitrogens is 1. The molecule has 2 nitrogen and oxygen atoms in total. The molecule has 0 radical (unpaired) electrons. The van der Waals surface area contributed by atoms with Crippen LogP contribution in [-0.2, 0) is 5.41 Å². The molecule has 0 fully saturated rings. The van der Waals surface area contributed by atoms with E-state index in [1.54, 1.807) is 0 Å². The summed E-state index contributed by atoms with van der Waals surface area (Å²) in [6, 6.07) is 41.5. The van der Waals surface area contributed by atoms with E-state index in [1.165, 1.54) is 49.7 Å². The molecule has 8 rings (SSSR count). The molecule has 2 aliphatic rings. The maximum Gasteiger partial charge on any atom is 0.150 e. The van der Waals surface area contributed by atoms with Crippen LogP contribution < -0.4 is 4.74 Å². The first-order chi connectivity index (χ1) is 17.9. The lowest BCUT2D eigenvalue weighted by Crippen LogP contribution is -2.32. The number of pyridine rings is 1. The van der Waals surface area contributed by atoms with E-state index in [0.717, 1.165) is 17.1 Å². The van der Waals surface area contributed by atoms with Gasteiger partial charge in [-0.05, 0) is 62.4 Å². The number of fused-ring (bicyclic) bond motifs is 11. The van der Waals surface area contributed by atoms with Crippen LogP contribution in [-0.4, -0.2) is 4.98 Å². The summed E-state index contributed by atoms with van der Waals surface area (Å²) < 4.78 is 6.51. The third kappa shape index (κ3) is 2.43. The van der Waals surface area contributed by atoms with Gasteiger partial charge in [-0.25, -0.2) is 0 Å². The molecule has 1 atom stereocenters. The van der Waals surface area contributed by atoms with Gasteiger partial charge in [0.25, 0.3) is 0 Å². The molecule has 1 spiro atoms. The predicted octanol–water partition coefficient (Wildman–Crippen LogP) is 8.37. The third-order valence-corrected chi connectivity index (χ3v) is 7.83. The Hall–Kier alpha value is -4.69. The van der Waals surface area contributed by atoms with Crippen LogP contribution in [0, 0.1) is 0 Å². The van der Waals surface area contributed by atoms with Gasteiger partial charge in [0.2, 0.25) is 0 Å². The summed E-state index contributed by atoms with van der Waals surface area (Å²) in [5.74, 6) is 1.69. The fourth-order valence-corrected chi connectivity index (χ4v) is 6.38. The van der Waals surface area contributed by atoms with E-state index in [1.807, 2.05) is 12.4 Å². The van der Waals surface area contributed by atoms with Crippen LogP contribution in [0.25, 0.3) is 33.0 Å². The molecule has 168 valence electrons. The molecule has 5 aromatic carbocycles. The Morgan fingerprint density at radius 2 is 1.39 bits per heavy atom. The summed E-state index contributed by atoms with van der Waals surface area (Å²) in [6.45, 7) is 0. The van der Waals surface area contributed by atoms with E-state index in [-0.39, 0.29) is 0 Å². The van der Waals surface area contributed by atoms with Gasteiger partial charge in [-0.15, -0.1) is 0 Å². The molecule has 0 saturated carbocycles. The third-order valence-electron chi connectivity index (χ3n) is 7.83. The van der Waals surface area contributed by atoms with Crippen LogP contribution in [0.5, 0.6) is 11.5 Å². The van der Waals surface area contributed by atoms with Crippen molar-refractivity contribution >= 4 is 10.8 Å². The molecular formula is C34H21NO. The Morgan fingerprint density at radius 3 is 2.33 bits per heavy atom. The molecule has 6 aromatic rings. The van der Waals surface area contributed by atoms with Crippen molar-refractivity contribution in [2.24, 2.45) is 0 Å². The number of hydrogen-bond acceptors (Lipinski definition) is 2. The van der Waals surface area contributed by atoms with Crippen molar-refractivity contribution in [2.45, 2.75) is 5.41 Å². The fraction of sp³-hybridized carbons (Fsp3) is 0.0294. The Balaban J connectivity index is 1.56. The van der Waals surface area contributed by atoms with Gasteiger partial charge < -0.3 is 4.74 Å². The van der Waals surface area contributed by atoms with Crippen molar-refractivity contribution in [3.8, 4) is 33.8 Å². The topological polar surface area (TPSA) is 22.1 Å². The second-order valence-corrected chi connectivity index (χ2v) is 9.56. The van der Waals surface area contributed by atoms with Crippen molar-refractivity contribution in [2.75, 3.05) is 0 Å². The van der Waals surface area contributed by atoms with Crippen LogP contribution in [0.1, 0.15) is 22.3 Å². The first kappa shape index (κ1) is 19.6. The van der Waals surface area contributed by atoms with E-state index < -0.39 is 5.41 Å². The van der Waals surface area contributed by atoms with Gasteiger partial charge in [-0.1, -0.05) is 97.1 Å². The molecule has 36 heavy (non-hydrogen) atoms. The highest BCUT2D eigenvalue weighted by Gasteiger charge is 2.51. The molecule has 1 aliphatic carbocycles. The maximum atomic E-state index is 6.51. The monoisotopic (exact) mass is 459 g/mol. The zero-order valence-electron chi connectivity index (χ0n) is 19.5. The summed E-state index contributed by atoms with van der Waals surface area (Å²) in [4.78, 5) is 4.43. The number of nitrogens with zero attached hydrogens (tertiary/aromatic N) is 1. The molecule has 0 N–H and O–H groups in total. The predicted molar refractivity (Wildman–Crippen MR) is 145 cm³/mol. The van der Waals surface area contributed by atoms with Crippen LogP contribution in [0.4, 0.5) is 0 Å². The zero-order valence-corrected chi connectivity index (χ0v) is 19.5. The number of hydrogen-bond donors (Lipinski definition) is 0. The quantitative estimate of drug-likeness (QED) is 0.246. The summed E-state index contributed by atoms with van der Waals surface area (Å²) in [7, 11) is 0. The zero-order chi connectivity index (χ0) is 23.7. The molecule has 1 aromatic heterocycles. The summed E-state index contributed by atoms with van der Waals surface area (Å²) in [5, 5.41) is 2.53. The van der Waals surface area contributed by atoms with Crippen molar-refractivity contribution in [3.63, 3.8) is 0 Å². The molecule has 2 heteroatoms. The highest BCUT2D eigenvalue weighted by atomic mass is 16.5. The molecule has 0 bridgehead atoms. The normalized spacial score (nSPS) is 16.7. The summed E-state index contributed by atoms with van der Waals surface area (Å²) in [6.07, 6.45) is 3.74. The Bertz CT molecular complexity index is 1820. The average molecular weight is 460 g/mol. The van der Waals surface area contributed by atoms with Crippen molar-refractivity contribution in [3.05, 3.63) is 150 Å². The minimum atomic E-state index is -0.493. The van der Waals surface area contributed by atoms with Crippen LogP contribution in [0.3, 0.4) is 0 Å². The minimum Gasteiger partial charge on any atom is -0.455 e. The maximum absolute atomic E-state index is 6.51. The molecule has 1 aliphatic heterocycles. The molecule has 1 unspecified atom stereocenters. The minimum absolute atomic E-state index is 0.493. The van der Waals surface area contributed by atoms with Gasteiger partial charge in [0.15, 0.2) is 5.75 Å². The number of benzene rings is 5. The molecular weight excluding hydrogens is 438 g/mol. The van der Waals surface area contributed by atoms with Crippen LogP contribution >= 0.6 is 0 Å². The van der Waals surface area contributed by atoms with E-state index in [2.05, 4.69) is 120 Å². The molecule has 0 amide bonds. The van der Waals surface area contributed by atoms with Gasteiger partial charge in [-0.2, -0.15) is 0 Å². The standard InChI is InChI=1S/C34H21NO/c1-2-8-22(9-3-1)24-15-17-31-30(20-24)34(28-18-19-35-21-32(28)36-31)27-13-7-6-12-26(27)33-25-11-5-4-10-23(25)14-16-29(33)34/h1-21H. The van der Waals surface area contributed by atoms with E-state index in [9.17, 15) is 0 Å². The van der Waals surface area contributed by atoms with Crippen molar-refractivity contribution in [1.82, 2.24) is 4.98 Å². The van der Waals surface area contributed by atoms with E-state index in [0.29, 0.717) is 0 Å². The molecule has 2 heterocycles. The second kappa shape index (κ2) is 7.16. The van der Waals surface area contributed by atoms with Crippen molar-refractivity contribution < 1.29 is 4.74 Å². The van der Waals surface area contributed by atoms with Gasteiger partial charge in [0.1, 0.15) is 5.75 Å². The number of ether oxygens (including phenoxy) is 1. The smallest absolute Gasteiger partial charge is 0.150 e. The second-order valence-electron chi connectivity index (χ2n) is 9.56. The summed E-state index contributed by atoms with van der Waals surface area (Å²) >= 11 is 0. The fourth-order valence-electron chi connectivity index (χ4n) is 6.38. The van der Waals surface area contributed by atoms with E-state index >= 15 is 0 Å². The average Bonchev–Trinajstić information content (AvgIpc) is 3.25. The Morgan fingerprint density at radius 1 is 0.556 bits per heavy atom. The lowest BCUT2D eigenvalue weighted by molar-refractivity contribution is 0.434. The Labute approximate surface area is 209 Å². The lowest BCUT2D eigenvalue weighted by atomic mass is 9.66. The van der Waals surface area contributed by atoms with Gasteiger partial charge in [0.05, 0.1) is 11.6 Å². The van der Waals surface area contributed by atoms with Gasteiger partial charge in [-0.3, -0.25) is 4.98 Å². The van der Waals surface area contributed by atoms with Crippen LogP contribution in [0.2, 0.25) is 0 Å². The van der Waals surface area contributed by atoms with Gasteiger partial charge >= 0.3 is 0 Å². The highest BCUT2D eigenvalue weighted by molar-refractivity contribution is 6.04. The highest BCUT2D eigenvalue weighted by Crippen LogP contribution is 2.63. The van der Waals surface area contributed by atoms with Crippen LogP contribution in [0.15, 0.2) is 128 Å². The SMILES string of the molecule is c1ccc(-c2ccc3c(c2)C2(c4ccncc4O3)c3ccccc3-c3c2ccc2ccccc32)cc1. The lowest BCUT2D eigenvalue weighted by Gasteiger charge is -2.39. The first-order valence-corrected chi connectivity index (χ1v) is 12.3. The largest absolute Gasteiger partial charge is 0.455 e. The van der Waals surface area contributed by atoms with E-state index in [4.69, 9.17) is 4.74 Å². The summed E-state index contributed by atoms with van der Waals surface area (Å²) in [5.41, 5.74) is 9.37. The van der Waals surface area contributed by atoms with Gasteiger partial charge in [0, 0.05) is 17.3 Å². The molecule has 0 saturated heterocycles.